The molecule has 1 aliphatic heterocycles. The maximum atomic E-state index is 13.4. The zero-order chi connectivity index (χ0) is 33.5. The Morgan fingerprint density at radius 2 is 1.77 bits per heavy atom. The molecule has 4 aromatic rings. The van der Waals surface area contributed by atoms with E-state index in [0.29, 0.717) is 53.7 Å². The van der Waals surface area contributed by atoms with E-state index in [1.807, 2.05) is 0 Å². The van der Waals surface area contributed by atoms with Crippen molar-refractivity contribution in [1.29, 1.82) is 0 Å². The fourth-order valence-corrected chi connectivity index (χ4v) is 5.49. The van der Waals surface area contributed by atoms with Crippen LogP contribution >= 0.6 is 23.2 Å². The van der Waals surface area contributed by atoms with Gasteiger partial charge in [0.1, 0.15) is 23.0 Å². The SMILES string of the molecule is COC(=O)Cc1ccc(-c2nc([C@H](CC(=O)N3CCN(C(C)=O)CC3)NC(=O)/C=C/c3cc(Cl)ccc3-n3cnnn3)[nH]c2Cl)cc1. The van der Waals surface area contributed by atoms with Crippen LogP contribution in [0.5, 0.6) is 0 Å². The van der Waals surface area contributed by atoms with Gasteiger partial charge in [0.15, 0.2) is 0 Å². The number of carbonyl (C=O) groups excluding carboxylic acids is 4. The first-order chi connectivity index (χ1) is 22.6. The number of ether oxygens (including phenoxy) is 1. The molecule has 2 aromatic carbocycles. The summed E-state index contributed by atoms with van der Waals surface area (Å²) in [5, 5.41) is 14.8. The summed E-state index contributed by atoms with van der Waals surface area (Å²) in [4.78, 5) is 61.2. The summed E-state index contributed by atoms with van der Waals surface area (Å²) in [6, 6.07) is 11.3. The number of hydrogen-bond donors (Lipinski definition) is 2. The van der Waals surface area contributed by atoms with E-state index in [0.717, 1.165) is 5.56 Å². The van der Waals surface area contributed by atoms with Gasteiger partial charge in [-0.25, -0.2) is 4.98 Å². The van der Waals surface area contributed by atoms with E-state index in [1.165, 1.54) is 31.1 Å². The number of benzene rings is 2. The number of imidazole rings is 1. The van der Waals surface area contributed by atoms with E-state index in [1.54, 1.807) is 58.3 Å². The highest BCUT2D eigenvalue weighted by Gasteiger charge is 2.28. The molecule has 16 heteroatoms. The summed E-state index contributed by atoms with van der Waals surface area (Å²) in [5.41, 5.74) is 3.00. The van der Waals surface area contributed by atoms with Gasteiger partial charge in [-0.15, -0.1) is 5.10 Å². The summed E-state index contributed by atoms with van der Waals surface area (Å²) in [5.74, 6) is -0.862. The highest BCUT2D eigenvalue weighted by Crippen LogP contribution is 2.29. The van der Waals surface area contributed by atoms with Crippen molar-refractivity contribution in [2.45, 2.75) is 25.8 Å². The minimum absolute atomic E-state index is 0.0481. The van der Waals surface area contributed by atoms with Crippen LogP contribution in [0.3, 0.4) is 0 Å². The Kier molecular flexibility index (Phi) is 10.6. The van der Waals surface area contributed by atoms with Crippen LogP contribution in [0.4, 0.5) is 0 Å². The molecule has 0 spiro atoms. The molecule has 47 heavy (non-hydrogen) atoms. The largest absolute Gasteiger partial charge is 0.469 e. The average molecular weight is 681 g/mol. The Labute approximate surface area is 279 Å². The van der Waals surface area contributed by atoms with E-state index >= 15 is 0 Å². The number of aromatic amines is 1. The lowest BCUT2D eigenvalue weighted by molar-refractivity contribution is -0.139. The maximum absolute atomic E-state index is 13.4. The zero-order valence-corrected chi connectivity index (χ0v) is 27.0. The molecule has 3 heterocycles. The number of halogens is 2. The number of aromatic nitrogens is 6. The number of amides is 3. The van der Waals surface area contributed by atoms with Gasteiger partial charge >= 0.3 is 5.97 Å². The molecule has 1 saturated heterocycles. The fraction of sp³-hybridized carbons (Fsp3) is 0.290. The molecule has 1 aliphatic rings. The van der Waals surface area contributed by atoms with Gasteiger partial charge in [-0.05, 0) is 40.3 Å². The average Bonchev–Trinajstić information content (AvgIpc) is 3.74. The van der Waals surface area contributed by atoms with Gasteiger partial charge < -0.3 is 24.8 Å². The molecular weight excluding hydrogens is 649 g/mol. The molecule has 0 saturated carbocycles. The van der Waals surface area contributed by atoms with Crippen molar-refractivity contribution in [2.75, 3.05) is 33.3 Å². The Morgan fingerprint density at radius 1 is 1.04 bits per heavy atom. The Morgan fingerprint density at radius 3 is 2.43 bits per heavy atom. The minimum atomic E-state index is -0.881. The summed E-state index contributed by atoms with van der Waals surface area (Å²) in [6.07, 6.45) is 4.30. The molecule has 0 aliphatic carbocycles. The molecule has 0 bridgehead atoms. The van der Waals surface area contributed by atoms with Crippen LogP contribution in [0, 0.1) is 0 Å². The van der Waals surface area contributed by atoms with Crippen LogP contribution in [0.2, 0.25) is 10.2 Å². The van der Waals surface area contributed by atoms with Crippen molar-refractivity contribution in [2.24, 2.45) is 0 Å². The number of nitrogens with zero attached hydrogens (tertiary/aromatic N) is 7. The van der Waals surface area contributed by atoms with Crippen molar-refractivity contribution < 1.29 is 23.9 Å². The lowest BCUT2D eigenvalue weighted by atomic mass is 10.1. The molecule has 1 atom stereocenters. The third kappa shape index (κ3) is 8.40. The van der Waals surface area contributed by atoms with Crippen molar-refractivity contribution in [3.05, 3.63) is 82.0 Å². The second kappa shape index (κ2) is 15.0. The van der Waals surface area contributed by atoms with E-state index in [-0.39, 0.29) is 41.6 Å². The summed E-state index contributed by atoms with van der Waals surface area (Å²) in [6.45, 7) is 3.09. The molecule has 1 fully saturated rings. The normalized spacial score (nSPS) is 13.9. The number of H-pyrrole nitrogens is 1. The van der Waals surface area contributed by atoms with Gasteiger partial charge in [0.05, 0.1) is 31.7 Å². The van der Waals surface area contributed by atoms with Gasteiger partial charge in [-0.2, -0.15) is 4.68 Å². The smallest absolute Gasteiger partial charge is 0.309 e. The highest BCUT2D eigenvalue weighted by molar-refractivity contribution is 6.32. The minimum Gasteiger partial charge on any atom is -0.469 e. The molecule has 0 radical (unpaired) electrons. The van der Waals surface area contributed by atoms with Crippen molar-refractivity contribution in [3.63, 3.8) is 0 Å². The van der Waals surface area contributed by atoms with Gasteiger partial charge in [0.2, 0.25) is 17.7 Å². The first-order valence-corrected chi connectivity index (χ1v) is 15.3. The van der Waals surface area contributed by atoms with Crippen LogP contribution in [-0.4, -0.2) is 97.0 Å². The number of carbonyl (C=O) groups is 4. The molecule has 2 N–H and O–H groups in total. The number of hydrogen-bond acceptors (Lipinski definition) is 9. The monoisotopic (exact) mass is 679 g/mol. The zero-order valence-electron chi connectivity index (χ0n) is 25.5. The third-order valence-corrected chi connectivity index (χ3v) is 8.09. The van der Waals surface area contributed by atoms with E-state index in [9.17, 15) is 19.2 Å². The standard InChI is InChI=1S/C31H31Cl2N9O5/c1-19(43)40-11-13-41(14-12-40)27(45)17-24(31-36-29(30(33)37-31)21-5-3-20(4-6-21)15-28(46)47-2)35-26(44)10-7-22-16-23(32)8-9-25(22)42-18-34-38-39-42/h3-10,16,18,24H,11-15,17H2,1-2H3,(H,35,44)(H,36,37)/b10-7+/t24-/m0/s1. The van der Waals surface area contributed by atoms with Gasteiger partial charge in [0, 0.05) is 55.3 Å². The first kappa shape index (κ1) is 33.3. The molecule has 3 amide bonds. The van der Waals surface area contributed by atoms with Crippen molar-refractivity contribution >= 4 is 53.0 Å². The highest BCUT2D eigenvalue weighted by atomic mass is 35.5. The van der Waals surface area contributed by atoms with Crippen LogP contribution in [0.1, 0.15) is 36.3 Å². The predicted octanol–water partition coefficient (Wildman–Crippen LogP) is 3.03. The summed E-state index contributed by atoms with van der Waals surface area (Å²) < 4.78 is 6.17. The number of piperazine rings is 1. The number of methoxy groups -OCH3 is 1. The number of rotatable bonds is 10. The van der Waals surface area contributed by atoms with Gasteiger partial charge in [0.25, 0.3) is 0 Å². The Hall–Kier alpha value is -5.08. The second-order valence-electron chi connectivity index (χ2n) is 10.7. The van der Waals surface area contributed by atoms with Crippen LogP contribution in [-0.2, 0) is 30.3 Å². The van der Waals surface area contributed by atoms with E-state index in [4.69, 9.17) is 27.9 Å². The van der Waals surface area contributed by atoms with E-state index in [2.05, 4.69) is 30.8 Å². The number of tetrazole rings is 1. The molecular formula is C31H31Cl2N9O5. The Bertz CT molecular complexity index is 1780. The Balaban J connectivity index is 1.38. The summed E-state index contributed by atoms with van der Waals surface area (Å²) in [7, 11) is 1.33. The quantitative estimate of drug-likeness (QED) is 0.189. The van der Waals surface area contributed by atoms with Crippen molar-refractivity contribution in [3.8, 4) is 16.9 Å². The molecule has 0 unspecified atom stereocenters. The first-order valence-electron chi connectivity index (χ1n) is 14.6. The maximum Gasteiger partial charge on any atom is 0.309 e. The van der Waals surface area contributed by atoms with E-state index < -0.39 is 11.9 Å². The third-order valence-electron chi connectivity index (χ3n) is 7.58. The van der Waals surface area contributed by atoms with Crippen molar-refractivity contribution in [1.82, 2.24) is 45.3 Å². The van der Waals surface area contributed by atoms with Gasteiger partial charge in [-0.1, -0.05) is 47.5 Å². The summed E-state index contributed by atoms with van der Waals surface area (Å²) >= 11 is 12.8. The lowest BCUT2D eigenvalue weighted by Crippen LogP contribution is -2.50. The number of esters is 1. The fourth-order valence-electron chi connectivity index (χ4n) is 5.06. The van der Waals surface area contributed by atoms with Gasteiger partial charge in [-0.3, -0.25) is 19.2 Å². The molecule has 5 rings (SSSR count). The van der Waals surface area contributed by atoms with Crippen LogP contribution in [0.15, 0.2) is 54.9 Å². The molecule has 244 valence electrons. The predicted molar refractivity (Wildman–Crippen MR) is 172 cm³/mol. The van der Waals surface area contributed by atoms with Crippen LogP contribution in [0.25, 0.3) is 23.0 Å². The topological polar surface area (TPSA) is 168 Å². The number of nitrogens with one attached hydrogen (secondary N) is 2. The second-order valence-corrected chi connectivity index (χ2v) is 11.5. The lowest BCUT2D eigenvalue weighted by Gasteiger charge is -2.34. The van der Waals surface area contributed by atoms with Crippen LogP contribution < -0.4 is 5.32 Å². The molecule has 2 aromatic heterocycles. The molecule has 14 nitrogen and oxygen atoms in total.